The number of rotatable bonds is 7. The molecular formula is C19H21BrN6O2S. The fraction of sp³-hybridized carbons (Fsp3) is 0.421. The Balaban J connectivity index is 1.57. The molecule has 3 heterocycles. The van der Waals surface area contributed by atoms with E-state index in [0.29, 0.717) is 11.3 Å². The predicted octanol–water partition coefficient (Wildman–Crippen LogP) is 3.53. The molecule has 8 nitrogen and oxygen atoms in total. The summed E-state index contributed by atoms with van der Waals surface area (Å²) in [5, 5.41) is 1.61. The van der Waals surface area contributed by atoms with Crippen molar-refractivity contribution >= 4 is 50.4 Å². The molecule has 0 atom stereocenters. The second-order valence-electron chi connectivity index (χ2n) is 7.27. The summed E-state index contributed by atoms with van der Waals surface area (Å²) >= 11 is 5.12. The van der Waals surface area contributed by atoms with Gasteiger partial charge in [-0.3, -0.25) is 0 Å². The molecule has 0 unspecified atom stereocenters. The van der Waals surface area contributed by atoms with E-state index in [9.17, 15) is 0 Å². The van der Waals surface area contributed by atoms with E-state index in [2.05, 4.69) is 48.5 Å². The summed E-state index contributed by atoms with van der Waals surface area (Å²) in [6.07, 6.45) is 4.08. The van der Waals surface area contributed by atoms with E-state index in [1.165, 1.54) is 19.2 Å². The largest absolute Gasteiger partial charge is 0.454 e. The lowest BCUT2D eigenvalue weighted by molar-refractivity contribution is 0.174. The van der Waals surface area contributed by atoms with Gasteiger partial charge >= 0.3 is 0 Å². The van der Waals surface area contributed by atoms with Crippen molar-refractivity contribution in [2.75, 3.05) is 36.3 Å². The van der Waals surface area contributed by atoms with Gasteiger partial charge in [-0.15, -0.1) is 0 Å². The topological polar surface area (TPSA) is 91.3 Å². The average molecular weight is 477 g/mol. The summed E-state index contributed by atoms with van der Waals surface area (Å²) in [6, 6.07) is 4.11. The van der Waals surface area contributed by atoms with E-state index in [-0.39, 0.29) is 6.79 Å². The van der Waals surface area contributed by atoms with Gasteiger partial charge in [-0.25, -0.2) is 15.0 Å². The fourth-order valence-electron chi connectivity index (χ4n) is 3.48. The number of nitrogens with two attached hydrogens (primary N) is 1. The first-order valence-corrected chi connectivity index (χ1v) is 11.4. The van der Waals surface area contributed by atoms with Gasteiger partial charge in [-0.05, 0) is 30.5 Å². The number of nitrogens with zero attached hydrogens (tertiary/aromatic N) is 5. The lowest BCUT2D eigenvalue weighted by Gasteiger charge is -2.22. The second-order valence-corrected chi connectivity index (χ2v) is 9.07. The van der Waals surface area contributed by atoms with Crippen molar-refractivity contribution in [1.29, 1.82) is 0 Å². The molecule has 1 aliphatic carbocycles. The minimum absolute atomic E-state index is 0.253. The highest BCUT2D eigenvalue weighted by molar-refractivity contribution is 9.09. The number of hydrogen-bond acceptors (Lipinski definition) is 8. The third-order valence-electron chi connectivity index (χ3n) is 5.13. The molecule has 2 aliphatic rings. The average Bonchev–Trinajstić information content (AvgIpc) is 3.28. The van der Waals surface area contributed by atoms with Gasteiger partial charge in [0.1, 0.15) is 6.33 Å². The van der Waals surface area contributed by atoms with Crippen molar-refractivity contribution < 1.29 is 9.47 Å². The SMILES string of the molecule is CN(CC1CC1)c1cc2c(cc1Sc1nc3c(N)ncnc3n1CCBr)OCO2. The highest BCUT2D eigenvalue weighted by Crippen LogP contribution is 2.45. The van der Waals surface area contributed by atoms with Gasteiger partial charge in [0.2, 0.25) is 6.79 Å². The van der Waals surface area contributed by atoms with E-state index in [1.807, 2.05) is 6.07 Å². The molecule has 0 radical (unpaired) electrons. The zero-order valence-electron chi connectivity index (χ0n) is 16.0. The summed E-state index contributed by atoms with van der Waals surface area (Å²) in [7, 11) is 2.13. The van der Waals surface area contributed by atoms with Gasteiger partial charge in [0.25, 0.3) is 0 Å². The van der Waals surface area contributed by atoms with Crippen LogP contribution in [0.5, 0.6) is 11.5 Å². The van der Waals surface area contributed by atoms with E-state index in [4.69, 9.17) is 20.2 Å². The Labute approximate surface area is 180 Å². The normalized spacial score (nSPS) is 15.2. The molecule has 5 rings (SSSR count). The number of fused-ring (bicyclic) bond motifs is 2. The van der Waals surface area contributed by atoms with Gasteiger partial charge in [0, 0.05) is 42.5 Å². The van der Waals surface area contributed by atoms with Crippen LogP contribution in [0.1, 0.15) is 12.8 Å². The first-order valence-electron chi connectivity index (χ1n) is 9.49. The fourth-order valence-corrected chi connectivity index (χ4v) is 4.94. The van der Waals surface area contributed by atoms with Crippen molar-refractivity contribution in [3.8, 4) is 11.5 Å². The van der Waals surface area contributed by atoms with E-state index < -0.39 is 0 Å². The molecule has 2 N–H and O–H groups in total. The Hall–Kier alpha value is -2.20. The number of benzene rings is 1. The standard InChI is InChI=1S/C19H21BrN6O2S/c1-25(8-11-2-3-11)12-6-13-14(28-10-27-13)7-15(12)29-19-24-16-17(21)22-9-23-18(16)26(19)5-4-20/h6-7,9,11H,2-5,8,10H2,1H3,(H2,21,22,23). The Kier molecular flexibility index (Phi) is 4.91. The Morgan fingerprint density at radius 2 is 2.07 bits per heavy atom. The monoisotopic (exact) mass is 476 g/mol. The zero-order valence-corrected chi connectivity index (χ0v) is 18.4. The summed E-state index contributed by atoms with van der Waals surface area (Å²) in [4.78, 5) is 16.6. The number of halogens is 1. The Morgan fingerprint density at radius 3 is 2.83 bits per heavy atom. The maximum absolute atomic E-state index is 6.05. The number of aryl methyl sites for hydroxylation is 1. The number of hydrogen-bond donors (Lipinski definition) is 1. The van der Waals surface area contributed by atoms with Crippen molar-refractivity contribution in [3.05, 3.63) is 18.5 Å². The van der Waals surface area contributed by atoms with Crippen LogP contribution in [0.15, 0.2) is 28.5 Å². The van der Waals surface area contributed by atoms with Crippen molar-refractivity contribution in [3.63, 3.8) is 0 Å². The second kappa shape index (κ2) is 7.56. The molecule has 1 saturated carbocycles. The van der Waals surface area contributed by atoms with Crippen molar-refractivity contribution in [2.24, 2.45) is 5.92 Å². The molecule has 0 amide bonds. The van der Waals surface area contributed by atoms with Crippen LogP contribution in [0, 0.1) is 5.92 Å². The van der Waals surface area contributed by atoms with Crippen LogP contribution >= 0.6 is 27.7 Å². The molecule has 3 aromatic rings. The van der Waals surface area contributed by atoms with Gasteiger partial charge in [-0.2, -0.15) is 0 Å². The van der Waals surface area contributed by atoms with E-state index in [0.717, 1.165) is 57.2 Å². The first kappa shape index (κ1) is 18.8. The lowest BCUT2D eigenvalue weighted by atomic mass is 10.2. The van der Waals surface area contributed by atoms with Crippen LogP contribution in [0.25, 0.3) is 11.2 Å². The lowest BCUT2D eigenvalue weighted by Crippen LogP contribution is -2.20. The number of ether oxygens (including phenoxy) is 2. The number of alkyl halides is 1. The number of imidazole rings is 1. The zero-order chi connectivity index (χ0) is 20.0. The van der Waals surface area contributed by atoms with Gasteiger partial charge in [0.15, 0.2) is 33.6 Å². The molecule has 1 fully saturated rings. The van der Waals surface area contributed by atoms with E-state index in [1.54, 1.807) is 11.8 Å². The molecule has 29 heavy (non-hydrogen) atoms. The van der Waals surface area contributed by atoms with Gasteiger partial charge in [0.05, 0.1) is 5.69 Å². The molecular weight excluding hydrogens is 456 g/mol. The van der Waals surface area contributed by atoms with Gasteiger partial charge in [-0.1, -0.05) is 15.9 Å². The summed E-state index contributed by atoms with van der Waals surface area (Å²) in [6.45, 7) is 2.01. The molecule has 1 aromatic carbocycles. The number of nitrogen functional groups attached to an aromatic ring is 1. The maximum atomic E-state index is 6.05. The minimum atomic E-state index is 0.253. The predicted molar refractivity (Wildman–Crippen MR) is 116 cm³/mol. The smallest absolute Gasteiger partial charge is 0.231 e. The minimum Gasteiger partial charge on any atom is -0.454 e. The molecule has 0 spiro atoms. The van der Waals surface area contributed by atoms with E-state index >= 15 is 0 Å². The molecule has 1 aliphatic heterocycles. The third kappa shape index (κ3) is 3.59. The molecule has 152 valence electrons. The Morgan fingerprint density at radius 1 is 1.28 bits per heavy atom. The highest BCUT2D eigenvalue weighted by Gasteiger charge is 2.27. The van der Waals surface area contributed by atoms with Crippen LogP contribution in [0.4, 0.5) is 11.5 Å². The molecule has 0 saturated heterocycles. The molecule has 0 bridgehead atoms. The molecule has 2 aromatic heterocycles. The molecule has 10 heteroatoms. The number of aromatic nitrogens is 4. The van der Waals surface area contributed by atoms with Crippen LogP contribution in [0.2, 0.25) is 0 Å². The number of anilines is 2. The Bertz CT molecular complexity index is 1070. The quantitative estimate of drug-likeness (QED) is 0.517. The summed E-state index contributed by atoms with van der Waals surface area (Å²) < 4.78 is 13.3. The van der Waals surface area contributed by atoms with Crippen LogP contribution in [0.3, 0.4) is 0 Å². The maximum Gasteiger partial charge on any atom is 0.231 e. The van der Waals surface area contributed by atoms with Crippen LogP contribution in [-0.4, -0.2) is 45.2 Å². The van der Waals surface area contributed by atoms with Crippen LogP contribution < -0.4 is 20.1 Å². The van der Waals surface area contributed by atoms with Crippen molar-refractivity contribution in [2.45, 2.75) is 29.4 Å². The van der Waals surface area contributed by atoms with Gasteiger partial charge < -0.3 is 24.7 Å². The summed E-state index contributed by atoms with van der Waals surface area (Å²) in [5.41, 5.74) is 8.54. The van der Waals surface area contributed by atoms with Crippen molar-refractivity contribution in [1.82, 2.24) is 19.5 Å². The first-order chi connectivity index (χ1) is 14.1. The van der Waals surface area contributed by atoms with Crippen LogP contribution in [-0.2, 0) is 6.54 Å². The third-order valence-corrected chi connectivity index (χ3v) is 6.52. The highest BCUT2D eigenvalue weighted by atomic mass is 79.9. The summed E-state index contributed by atoms with van der Waals surface area (Å²) in [5.74, 6) is 2.72.